The van der Waals surface area contributed by atoms with Gasteiger partial charge in [0, 0.05) is 22.6 Å². The Morgan fingerprint density at radius 1 is 1.03 bits per heavy atom. The minimum absolute atomic E-state index is 0.0486. The van der Waals surface area contributed by atoms with E-state index in [2.05, 4.69) is 21.2 Å². The summed E-state index contributed by atoms with van der Waals surface area (Å²) in [5, 5.41) is 3.20. The summed E-state index contributed by atoms with van der Waals surface area (Å²) < 4.78 is 29.5. The van der Waals surface area contributed by atoms with E-state index in [1.165, 1.54) is 17.0 Å². The lowest BCUT2D eigenvalue weighted by Crippen LogP contribution is -2.51. The van der Waals surface area contributed by atoms with Crippen LogP contribution in [0.15, 0.2) is 82.2 Å². The van der Waals surface area contributed by atoms with E-state index in [0.29, 0.717) is 22.8 Å². The van der Waals surface area contributed by atoms with E-state index in [0.717, 1.165) is 14.3 Å². The molecule has 0 saturated carbocycles. The predicted octanol–water partition coefficient (Wildman–Crippen LogP) is 5.16. The third kappa shape index (κ3) is 7.12. The van der Waals surface area contributed by atoms with Gasteiger partial charge in [0.05, 0.1) is 10.6 Å². The Hall–Kier alpha value is -2.88. The van der Waals surface area contributed by atoms with Crippen molar-refractivity contribution < 1.29 is 18.0 Å². The number of carbonyl (C=O) groups is 2. The highest BCUT2D eigenvalue weighted by Gasteiger charge is 2.33. The predicted molar refractivity (Wildman–Crippen MR) is 150 cm³/mol. The Labute approximate surface area is 231 Å². The van der Waals surface area contributed by atoms with Crippen LogP contribution >= 0.6 is 27.5 Å². The highest BCUT2D eigenvalue weighted by atomic mass is 79.9. The molecule has 1 N–H and O–H groups in total. The summed E-state index contributed by atoms with van der Waals surface area (Å²) in [5.74, 6) is -0.849. The molecule has 0 saturated heterocycles. The van der Waals surface area contributed by atoms with Crippen LogP contribution in [-0.2, 0) is 26.2 Å². The number of sulfonamides is 1. The Kier molecular flexibility index (Phi) is 9.75. The van der Waals surface area contributed by atoms with Crippen molar-refractivity contribution in [3.63, 3.8) is 0 Å². The summed E-state index contributed by atoms with van der Waals surface area (Å²) in [6.45, 7) is 5.18. The Bertz CT molecular complexity index is 1370. The van der Waals surface area contributed by atoms with Crippen LogP contribution in [0.4, 0.5) is 5.69 Å². The van der Waals surface area contributed by atoms with E-state index in [1.807, 2.05) is 24.3 Å². The van der Waals surface area contributed by atoms with Crippen LogP contribution in [0.5, 0.6) is 0 Å². The summed E-state index contributed by atoms with van der Waals surface area (Å²) in [6.07, 6.45) is 0. The Morgan fingerprint density at radius 2 is 1.73 bits per heavy atom. The number of amides is 2. The quantitative estimate of drug-likeness (QED) is 0.346. The monoisotopic (exact) mass is 605 g/mol. The molecule has 0 aromatic heterocycles. The molecule has 0 radical (unpaired) electrons. The maximum Gasteiger partial charge on any atom is 0.264 e. The molecule has 0 aliphatic heterocycles. The first-order valence-electron chi connectivity index (χ1n) is 11.7. The van der Waals surface area contributed by atoms with Crippen molar-refractivity contribution in [2.24, 2.45) is 0 Å². The third-order valence-electron chi connectivity index (χ3n) is 5.80. The molecule has 0 aliphatic carbocycles. The van der Waals surface area contributed by atoms with Crippen molar-refractivity contribution in [3.8, 4) is 0 Å². The summed E-state index contributed by atoms with van der Waals surface area (Å²) >= 11 is 9.56. The van der Waals surface area contributed by atoms with Gasteiger partial charge in [-0.05, 0) is 74.4 Å². The number of carbonyl (C=O) groups excluding carboxylic acids is 2. The van der Waals surface area contributed by atoms with Gasteiger partial charge in [0.1, 0.15) is 12.6 Å². The zero-order valence-corrected chi connectivity index (χ0v) is 24.0. The van der Waals surface area contributed by atoms with Crippen LogP contribution in [0, 0.1) is 6.92 Å². The molecule has 196 valence electrons. The minimum Gasteiger partial charge on any atom is -0.355 e. The van der Waals surface area contributed by atoms with Crippen molar-refractivity contribution >= 4 is 55.1 Å². The summed E-state index contributed by atoms with van der Waals surface area (Å²) in [6, 6.07) is 19.3. The maximum absolute atomic E-state index is 13.8. The van der Waals surface area contributed by atoms with Gasteiger partial charge >= 0.3 is 0 Å². The fraction of sp³-hybridized carbons (Fsp3) is 0.259. The van der Waals surface area contributed by atoms with Gasteiger partial charge in [0.25, 0.3) is 10.0 Å². The van der Waals surface area contributed by atoms with Gasteiger partial charge in [-0.25, -0.2) is 8.42 Å². The topological polar surface area (TPSA) is 86.8 Å². The van der Waals surface area contributed by atoms with Crippen molar-refractivity contribution in [2.75, 3.05) is 17.4 Å². The van der Waals surface area contributed by atoms with E-state index < -0.39 is 28.5 Å². The molecule has 2 amide bonds. The minimum atomic E-state index is -4.12. The molecule has 3 rings (SSSR count). The number of aryl methyl sites for hydroxylation is 1. The number of anilines is 1. The maximum atomic E-state index is 13.8. The van der Waals surface area contributed by atoms with Crippen molar-refractivity contribution in [3.05, 3.63) is 93.4 Å². The second kappa shape index (κ2) is 12.6. The molecule has 0 spiro atoms. The van der Waals surface area contributed by atoms with Crippen LogP contribution in [-0.4, -0.2) is 44.3 Å². The van der Waals surface area contributed by atoms with Crippen LogP contribution in [0.3, 0.4) is 0 Å². The van der Waals surface area contributed by atoms with Crippen LogP contribution < -0.4 is 9.62 Å². The molecule has 3 aromatic carbocycles. The fourth-order valence-electron chi connectivity index (χ4n) is 3.87. The standard InChI is InChI=1S/C27H29BrClN3O4S/c1-4-30-27(34)20(3)31(17-21-9-8-10-22(28)16-21)26(33)18-32(25-14-13-23(29)15-19(25)2)37(35,36)24-11-6-5-7-12-24/h5-16,20H,4,17-18H2,1-3H3,(H,30,34)/t20-/m1/s1. The molecular weight excluding hydrogens is 578 g/mol. The Balaban J connectivity index is 2.05. The first-order valence-corrected chi connectivity index (χ1v) is 14.3. The molecule has 37 heavy (non-hydrogen) atoms. The fourth-order valence-corrected chi connectivity index (χ4v) is 6.04. The number of nitrogens with one attached hydrogen (secondary N) is 1. The first kappa shape index (κ1) is 28.7. The zero-order chi connectivity index (χ0) is 27.2. The zero-order valence-electron chi connectivity index (χ0n) is 20.8. The van der Waals surface area contributed by atoms with Crippen molar-refractivity contribution in [2.45, 2.75) is 38.3 Å². The van der Waals surface area contributed by atoms with Gasteiger partial charge in [-0.2, -0.15) is 0 Å². The molecule has 0 heterocycles. The molecule has 3 aromatic rings. The molecule has 0 bridgehead atoms. The van der Waals surface area contributed by atoms with E-state index >= 15 is 0 Å². The average molecular weight is 607 g/mol. The van der Waals surface area contributed by atoms with E-state index in [4.69, 9.17) is 11.6 Å². The molecule has 10 heteroatoms. The van der Waals surface area contributed by atoms with E-state index in [-0.39, 0.29) is 17.3 Å². The smallest absolute Gasteiger partial charge is 0.264 e. The van der Waals surface area contributed by atoms with E-state index in [9.17, 15) is 18.0 Å². The first-order chi connectivity index (χ1) is 17.5. The lowest BCUT2D eigenvalue weighted by molar-refractivity contribution is -0.139. The summed E-state index contributed by atoms with van der Waals surface area (Å²) in [4.78, 5) is 28.0. The lowest BCUT2D eigenvalue weighted by Gasteiger charge is -2.32. The highest BCUT2D eigenvalue weighted by molar-refractivity contribution is 9.10. The highest BCUT2D eigenvalue weighted by Crippen LogP contribution is 2.29. The largest absolute Gasteiger partial charge is 0.355 e. The number of likely N-dealkylation sites (N-methyl/N-ethyl adjacent to an activating group) is 1. The van der Waals surface area contributed by atoms with Crippen LogP contribution in [0.1, 0.15) is 25.0 Å². The second-order valence-electron chi connectivity index (χ2n) is 8.48. The molecule has 0 unspecified atom stereocenters. The normalized spacial score (nSPS) is 12.0. The van der Waals surface area contributed by atoms with Gasteiger partial charge < -0.3 is 10.2 Å². The van der Waals surface area contributed by atoms with Crippen LogP contribution in [0.2, 0.25) is 5.02 Å². The SMILES string of the molecule is CCNC(=O)[C@@H](C)N(Cc1cccc(Br)c1)C(=O)CN(c1ccc(Cl)cc1C)S(=O)(=O)c1ccccc1. The van der Waals surface area contributed by atoms with Gasteiger partial charge in [0.2, 0.25) is 11.8 Å². The molecule has 0 aliphatic rings. The number of halogens is 2. The van der Waals surface area contributed by atoms with Crippen molar-refractivity contribution in [1.29, 1.82) is 0 Å². The molecule has 1 atom stereocenters. The lowest BCUT2D eigenvalue weighted by atomic mass is 10.1. The molecule has 0 fully saturated rings. The van der Waals surface area contributed by atoms with Gasteiger partial charge in [-0.1, -0.05) is 57.9 Å². The third-order valence-corrected chi connectivity index (χ3v) is 8.30. The Morgan fingerprint density at radius 3 is 2.35 bits per heavy atom. The number of hydrogen-bond donors (Lipinski definition) is 1. The van der Waals surface area contributed by atoms with Gasteiger partial charge in [-0.15, -0.1) is 0 Å². The van der Waals surface area contributed by atoms with Gasteiger partial charge in [-0.3, -0.25) is 13.9 Å². The molecular formula is C27H29BrClN3O4S. The average Bonchev–Trinajstić information content (AvgIpc) is 2.86. The summed E-state index contributed by atoms with van der Waals surface area (Å²) in [5.41, 5.74) is 1.71. The summed E-state index contributed by atoms with van der Waals surface area (Å²) in [7, 11) is -4.12. The van der Waals surface area contributed by atoms with Crippen molar-refractivity contribution in [1.82, 2.24) is 10.2 Å². The molecule has 7 nitrogen and oxygen atoms in total. The second-order valence-corrected chi connectivity index (χ2v) is 11.7. The van der Waals surface area contributed by atoms with Crippen LogP contribution in [0.25, 0.3) is 0 Å². The number of rotatable bonds is 10. The van der Waals surface area contributed by atoms with E-state index in [1.54, 1.807) is 57.2 Å². The number of nitrogens with zero attached hydrogens (tertiary/aromatic N) is 2. The van der Waals surface area contributed by atoms with Gasteiger partial charge in [0.15, 0.2) is 0 Å². The number of hydrogen-bond acceptors (Lipinski definition) is 4. The number of benzene rings is 3.